The van der Waals surface area contributed by atoms with Crippen LogP contribution in [0.15, 0.2) is 42.6 Å². The van der Waals surface area contributed by atoms with E-state index in [-0.39, 0.29) is 11.8 Å². The standard InChI is InChI=1S/C29H35N5O6/c1-28(2,3)40-27(37)34-22-11-12-24(31-21(22)18-30-34)32-25(35)23-6-5-15-33(23)26(36)29(13-16-39-17-14-29)19-7-9-20(38-4)10-8-19/h7-12,18,23H,5-6,13-17H2,1-4H3,(H,31,32,35)/t23-/m1/s1. The highest BCUT2D eigenvalue weighted by molar-refractivity contribution is 5.99. The Hall–Kier alpha value is -3.99. The normalized spacial score (nSPS) is 18.9. The summed E-state index contributed by atoms with van der Waals surface area (Å²) in [6.45, 7) is 6.79. The lowest BCUT2D eigenvalue weighted by Gasteiger charge is -2.40. The predicted octanol–water partition coefficient (Wildman–Crippen LogP) is 3.90. The van der Waals surface area contributed by atoms with Gasteiger partial charge in [0, 0.05) is 19.8 Å². The van der Waals surface area contributed by atoms with Crippen molar-refractivity contribution in [3.05, 3.63) is 48.2 Å². The molecule has 5 rings (SSSR count). The Morgan fingerprint density at radius 1 is 1.07 bits per heavy atom. The molecule has 3 aromatic rings. The second-order valence-electron chi connectivity index (χ2n) is 11.2. The van der Waals surface area contributed by atoms with Crippen LogP contribution in [0.25, 0.3) is 11.0 Å². The molecule has 11 heteroatoms. The van der Waals surface area contributed by atoms with Gasteiger partial charge in [0.05, 0.1) is 24.2 Å². The number of fused-ring (bicyclic) bond motifs is 1. The third-order valence-electron chi connectivity index (χ3n) is 7.46. The number of amides is 2. The van der Waals surface area contributed by atoms with Crippen LogP contribution in [0.4, 0.5) is 10.6 Å². The molecule has 0 unspecified atom stereocenters. The van der Waals surface area contributed by atoms with Crippen LogP contribution in [0.1, 0.15) is 52.0 Å². The molecule has 2 fully saturated rings. The Morgan fingerprint density at radius 2 is 1.80 bits per heavy atom. The molecule has 2 amide bonds. The Morgan fingerprint density at radius 3 is 2.48 bits per heavy atom. The van der Waals surface area contributed by atoms with Crippen LogP contribution in [0.3, 0.4) is 0 Å². The van der Waals surface area contributed by atoms with Crippen molar-refractivity contribution in [1.29, 1.82) is 0 Å². The van der Waals surface area contributed by atoms with Crippen molar-refractivity contribution >= 4 is 34.8 Å². The van der Waals surface area contributed by atoms with Crippen LogP contribution < -0.4 is 10.1 Å². The van der Waals surface area contributed by atoms with Gasteiger partial charge in [0.1, 0.15) is 28.7 Å². The molecule has 4 heterocycles. The van der Waals surface area contributed by atoms with Gasteiger partial charge < -0.3 is 24.4 Å². The minimum atomic E-state index is -0.763. The molecular formula is C29H35N5O6. The average Bonchev–Trinajstić information content (AvgIpc) is 3.60. The zero-order valence-electron chi connectivity index (χ0n) is 23.3. The van der Waals surface area contributed by atoms with Crippen LogP contribution in [0, 0.1) is 0 Å². The molecule has 0 bridgehead atoms. The zero-order valence-corrected chi connectivity index (χ0v) is 23.3. The first kappa shape index (κ1) is 27.6. The summed E-state index contributed by atoms with van der Waals surface area (Å²) in [5, 5.41) is 6.98. The van der Waals surface area contributed by atoms with Gasteiger partial charge in [-0.05, 0) is 76.3 Å². The number of carbonyl (C=O) groups excluding carboxylic acids is 3. The summed E-state index contributed by atoms with van der Waals surface area (Å²) in [5.41, 5.74) is 0.370. The number of aromatic nitrogens is 3. The van der Waals surface area contributed by atoms with Crippen LogP contribution in [-0.4, -0.2) is 76.1 Å². The van der Waals surface area contributed by atoms with E-state index in [4.69, 9.17) is 14.2 Å². The molecule has 0 radical (unpaired) electrons. The summed E-state index contributed by atoms with van der Waals surface area (Å²) in [5.74, 6) is 0.684. The summed E-state index contributed by atoms with van der Waals surface area (Å²) < 4.78 is 17.5. The molecular weight excluding hydrogens is 514 g/mol. The lowest BCUT2D eigenvalue weighted by molar-refractivity contribution is -0.145. The van der Waals surface area contributed by atoms with Crippen molar-refractivity contribution in [1.82, 2.24) is 19.7 Å². The topological polar surface area (TPSA) is 125 Å². The number of anilines is 1. The lowest BCUT2D eigenvalue weighted by atomic mass is 9.72. The molecule has 212 valence electrons. The van der Waals surface area contributed by atoms with Gasteiger partial charge >= 0.3 is 6.09 Å². The maximum Gasteiger partial charge on any atom is 0.435 e. The van der Waals surface area contributed by atoms with Gasteiger partial charge in [-0.15, -0.1) is 0 Å². The monoisotopic (exact) mass is 549 g/mol. The summed E-state index contributed by atoms with van der Waals surface area (Å²) >= 11 is 0. The maximum atomic E-state index is 14.2. The van der Waals surface area contributed by atoms with Gasteiger partial charge in [-0.25, -0.2) is 9.78 Å². The summed E-state index contributed by atoms with van der Waals surface area (Å²) in [4.78, 5) is 46.3. The van der Waals surface area contributed by atoms with Gasteiger partial charge in [0.2, 0.25) is 11.8 Å². The minimum absolute atomic E-state index is 0.0549. The summed E-state index contributed by atoms with van der Waals surface area (Å²) in [6, 6.07) is 10.2. The van der Waals surface area contributed by atoms with Crippen molar-refractivity contribution in [2.24, 2.45) is 0 Å². The van der Waals surface area contributed by atoms with Crippen LogP contribution in [0.5, 0.6) is 5.75 Å². The van der Waals surface area contributed by atoms with Crippen molar-refractivity contribution in [2.75, 3.05) is 32.2 Å². The number of likely N-dealkylation sites (tertiary alicyclic amines) is 1. The van der Waals surface area contributed by atoms with Crippen molar-refractivity contribution < 1.29 is 28.6 Å². The van der Waals surface area contributed by atoms with Crippen molar-refractivity contribution in [3.8, 4) is 5.75 Å². The quantitative estimate of drug-likeness (QED) is 0.508. The van der Waals surface area contributed by atoms with Crippen LogP contribution in [-0.2, 0) is 24.5 Å². The number of nitrogens with one attached hydrogen (secondary N) is 1. The number of methoxy groups -OCH3 is 1. The van der Waals surface area contributed by atoms with Gasteiger partial charge in [-0.2, -0.15) is 9.78 Å². The minimum Gasteiger partial charge on any atom is -0.497 e. The van der Waals surface area contributed by atoms with E-state index in [0.29, 0.717) is 55.9 Å². The number of pyridine rings is 1. The Balaban J connectivity index is 1.34. The summed E-state index contributed by atoms with van der Waals surface area (Å²) in [6.07, 6.45) is 3.22. The Labute approximate surface area is 232 Å². The fourth-order valence-corrected chi connectivity index (χ4v) is 5.46. The van der Waals surface area contributed by atoms with Crippen molar-refractivity contribution in [3.63, 3.8) is 0 Å². The number of hydrogen-bond acceptors (Lipinski definition) is 8. The Kier molecular flexibility index (Phi) is 7.50. The predicted molar refractivity (Wildman–Crippen MR) is 147 cm³/mol. The van der Waals surface area contributed by atoms with E-state index >= 15 is 0 Å². The molecule has 11 nitrogen and oxygen atoms in total. The molecule has 2 aliphatic heterocycles. The molecule has 2 aliphatic rings. The molecule has 1 N–H and O–H groups in total. The van der Waals surface area contributed by atoms with E-state index in [0.717, 1.165) is 22.4 Å². The van der Waals surface area contributed by atoms with Gasteiger partial charge in [0.25, 0.3) is 0 Å². The summed E-state index contributed by atoms with van der Waals surface area (Å²) in [7, 11) is 1.61. The molecule has 2 aromatic heterocycles. The number of benzene rings is 1. The first-order chi connectivity index (χ1) is 19.1. The maximum absolute atomic E-state index is 14.2. The number of ether oxygens (including phenoxy) is 3. The molecule has 0 spiro atoms. The highest BCUT2D eigenvalue weighted by Gasteiger charge is 2.48. The molecule has 0 aliphatic carbocycles. The highest BCUT2D eigenvalue weighted by atomic mass is 16.6. The highest BCUT2D eigenvalue weighted by Crippen LogP contribution is 2.39. The fourth-order valence-electron chi connectivity index (χ4n) is 5.46. The van der Waals surface area contributed by atoms with E-state index in [9.17, 15) is 14.4 Å². The number of rotatable bonds is 5. The lowest BCUT2D eigenvalue weighted by Crippen LogP contribution is -2.53. The first-order valence-corrected chi connectivity index (χ1v) is 13.5. The van der Waals surface area contributed by atoms with E-state index < -0.39 is 23.2 Å². The van der Waals surface area contributed by atoms with Crippen molar-refractivity contribution in [2.45, 2.75) is 63.5 Å². The van der Waals surface area contributed by atoms with E-state index in [1.165, 1.54) is 6.20 Å². The van der Waals surface area contributed by atoms with Gasteiger partial charge in [-0.1, -0.05) is 12.1 Å². The molecule has 40 heavy (non-hydrogen) atoms. The second kappa shape index (κ2) is 10.9. The third-order valence-corrected chi connectivity index (χ3v) is 7.46. The van der Waals surface area contributed by atoms with E-state index in [2.05, 4.69) is 15.4 Å². The van der Waals surface area contributed by atoms with Gasteiger partial charge in [-0.3, -0.25) is 9.59 Å². The van der Waals surface area contributed by atoms with E-state index in [1.807, 2.05) is 24.3 Å². The smallest absolute Gasteiger partial charge is 0.435 e. The molecule has 1 aromatic carbocycles. The molecule has 1 atom stereocenters. The van der Waals surface area contributed by atoms with Crippen LogP contribution in [0.2, 0.25) is 0 Å². The largest absolute Gasteiger partial charge is 0.497 e. The fraction of sp³-hybridized carbons (Fsp3) is 0.483. The van der Waals surface area contributed by atoms with E-state index in [1.54, 1.807) is 44.9 Å². The molecule has 2 saturated heterocycles. The average molecular weight is 550 g/mol. The first-order valence-electron chi connectivity index (χ1n) is 13.5. The second-order valence-corrected chi connectivity index (χ2v) is 11.2. The van der Waals surface area contributed by atoms with Crippen LogP contribution >= 0.6 is 0 Å². The zero-order chi connectivity index (χ0) is 28.5. The Bertz CT molecular complexity index is 1400. The number of carbonyl (C=O) groups is 3. The number of hydrogen-bond donors (Lipinski definition) is 1. The SMILES string of the molecule is COc1ccc(C2(C(=O)N3CCC[C@@H]3C(=O)Nc3ccc4c(cnn4C(=O)OC(C)(C)C)n3)CCOCC2)cc1. The molecule has 0 saturated carbocycles. The number of nitrogens with zero attached hydrogens (tertiary/aromatic N) is 4. The third kappa shape index (κ3) is 5.38. The van der Waals surface area contributed by atoms with Gasteiger partial charge in [0.15, 0.2) is 0 Å².